The number of rotatable bonds is 3. The lowest BCUT2D eigenvalue weighted by Gasteiger charge is -2.36. The molecule has 0 N–H and O–H groups in total. The fourth-order valence-corrected chi connectivity index (χ4v) is 5.82. The van der Waals surface area contributed by atoms with E-state index in [1.165, 1.54) is 37.4 Å². The minimum atomic E-state index is -3.60. The molecule has 5 rings (SSSR count). The van der Waals surface area contributed by atoms with Gasteiger partial charge in [0, 0.05) is 43.9 Å². The summed E-state index contributed by atoms with van der Waals surface area (Å²) >= 11 is 0. The van der Waals surface area contributed by atoms with Gasteiger partial charge in [0.25, 0.3) is 5.91 Å². The molecule has 2 aliphatic rings. The standard InChI is InChI=1S/C22H27N3O3S.C6H6/c1-15-8-9-20-18(12-15)19-14-24(4)11-10-21(19)25(20)22(26)16-6-5-7-17(13-16)29(27,28)23(2)3;1-2-4-6-5-3-1/h5-9,12-13,19,21H,10-11,14H2,1-4H3;1-6H. The Morgan fingerprint density at radius 3 is 2.23 bits per heavy atom. The van der Waals surface area contributed by atoms with Crippen molar-refractivity contribution in [3.8, 4) is 0 Å². The molecule has 1 amide bonds. The van der Waals surface area contributed by atoms with Gasteiger partial charge in [-0.3, -0.25) is 4.79 Å². The van der Waals surface area contributed by atoms with Crippen LogP contribution in [0.3, 0.4) is 0 Å². The van der Waals surface area contributed by atoms with E-state index < -0.39 is 10.0 Å². The number of carbonyl (C=O) groups is 1. The lowest BCUT2D eigenvalue weighted by Crippen LogP contribution is -2.47. The first-order chi connectivity index (χ1) is 16.7. The number of piperidine rings is 1. The quantitative estimate of drug-likeness (QED) is 0.546. The monoisotopic (exact) mass is 491 g/mol. The maximum absolute atomic E-state index is 13.6. The van der Waals surface area contributed by atoms with Gasteiger partial charge in [-0.05, 0) is 56.8 Å². The molecule has 184 valence electrons. The van der Waals surface area contributed by atoms with Crippen molar-refractivity contribution in [2.24, 2.45) is 0 Å². The van der Waals surface area contributed by atoms with Crippen LogP contribution in [0.5, 0.6) is 0 Å². The SMILES string of the molecule is Cc1ccc2c(c1)C1CN(C)CCC1N2C(=O)c1cccc(S(=O)(=O)N(C)C)c1.c1ccccc1. The second kappa shape index (κ2) is 10.3. The van der Waals surface area contributed by atoms with Crippen LogP contribution in [0.15, 0.2) is 83.8 Å². The Hall–Kier alpha value is -3.00. The zero-order valence-corrected chi connectivity index (χ0v) is 21.6. The van der Waals surface area contributed by atoms with Crippen molar-refractivity contribution in [2.45, 2.75) is 30.2 Å². The summed E-state index contributed by atoms with van der Waals surface area (Å²) in [7, 11) is 1.50. The largest absolute Gasteiger partial charge is 0.306 e. The highest BCUT2D eigenvalue weighted by Crippen LogP contribution is 2.45. The molecule has 2 heterocycles. The highest BCUT2D eigenvalue weighted by molar-refractivity contribution is 7.89. The molecule has 1 saturated heterocycles. The lowest BCUT2D eigenvalue weighted by molar-refractivity contribution is 0.0964. The Morgan fingerprint density at radius 2 is 1.60 bits per heavy atom. The maximum atomic E-state index is 13.6. The first kappa shape index (κ1) is 25.1. The fourth-order valence-electron chi connectivity index (χ4n) is 4.87. The average Bonchev–Trinajstić information content (AvgIpc) is 3.17. The summed E-state index contributed by atoms with van der Waals surface area (Å²) in [5.74, 6) is 0.143. The van der Waals surface area contributed by atoms with E-state index in [4.69, 9.17) is 0 Å². The predicted octanol–water partition coefficient (Wildman–Crippen LogP) is 4.38. The summed E-state index contributed by atoms with van der Waals surface area (Å²) < 4.78 is 26.2. The molecule has 0 aromatic heterocycles. The first-order valence-corrected chi connectivity index (χ1v) is 13.3. The summed E-state index contributed by atoms with van der Waals surface area (Å²) in [5, 5.41) is 0. The molecule has 1 fully saturated rings. The molecular weight excluding hydrogens is 458 g/mol. The highest BCUT2D eigenvalue weighted by atomic mass is 32.2. The summed E-state index contributed by atoms with van der Waals surface area (Å²) in [6.45, 7) is 3.93. The Morgan fingerprint density at radius 1 is 0.943 bits per heavy atom. The van der Waals surface area contributed by atoms with E-state index in [9.17, 15) is 13.2 Å². The second-order valence-corrected chi connectivity index (χ2v) is 11.6. The van der Waals surface area contributed by atoms with Crippen molar-refractivity contribution in [1.29, 1.82) is 0 Å². The van der Waals surface area contributed by atoms with Crippen LogP contribution in [0.2, 0.25) is 0 Å². The molecule has 0 bridgehead atoms. The van der Waals surface area contributed by atoms with Crippen LogP contribution in [0.4, 0.5) is 5.69 Å². The Balaban J connectivity index is 0.000000421. The van der Waals surface area contributed by atoms with Crippen LogP contribution < -0.4 is 4.90 Å². The van der Waals surface area contributed by atoms with Gasteiger partial charge in [-0.15, -0.1) is 0 Å². The molecule has 6 nitrogen and oxygen atoms in total. The minimum Gasteiger partial charge on any atom is -0.306 e. The Kier molecular flexibility index (Phi) is 7.40. The van der Waals surface area contributed by atoms with Crippen molar-refractivity contribution in [2.75, 3.05) is 39.1 Å². The molecule has 0 spiro atoms. The van der Waals surface area contributed by atoms with E-state index in [-0.39, 0.29) is 22.8 Å². The number of hydrogen-bond acceptors (Lipinski definition) is 4. The second-order valence-electron chi connectivity index (χ2n) is 9.43. The number of amides is 1. The average molecular weight is 492 g/mol. The van der Waals surface area contributed by atoms with E-state index in [1.54, 1.807) is 12.1 Å². The fraction of sp³-hybridized carbons (Fsp3) is 0.321. The number of hydrogen-bond donors (Lipinski definition) is 0. The van der Waals surface area contributed by atoms with Crippen LogP contribution in [-0.4, -0.2) is 63.8 Å². The van der Waals surface area contributed by atoms with E-state index in [0.717, 1.165) is 29.5 Å². The number of nitrogens with zero attached hydrogens (tertiary/aromatic N) is 3. The molecule has 2 atom stereocenters. The summed E-state index contributed by atoms with van der Waals surface area (Å²) in [4.78, 5) is 17.9. The normalized spacial score (nSPS) is 19.5. The smallest absolute Gasteiger partial charge is 0.258 e. The molecule has 35 heavy (non-hydrogen) atoms. The van der Waals surface area contributed by atoms with Crippen molar-refractivity contribution in [1.82, 2.24) is 9.21 Å². The van der Waals surface area contributed by atoms with E-state index in [0.29, 0.717) is 5.56 Å². The van der Waals surface area contributed by atoms with Crippen molar-refractivity contribution in [3.63, 3.8) is 0 Å². The molecular formula is C28H33N3O3S. The zero-order chi connectivity index (χ0) is 25.2. The van der Waals surface area contributed by atoms with Crippen LogP contribution in [0.1, 0.15) is 33.8 Å². The number of fused-ring (bicyclic) bond motifs is 3. The van der Waals surface area contributed by atoms with Crippen molar-refractivity contribution in [3.05, 3.63) is 95.6 Å². The zero-order valence-electron chi connectivity index (χ0n) is 20.8. The molecule has 7 heteroatoms. The molecule has 3 aromatic rings. The number of benzene rings is 3. The van der Waals surface area contributed by atoms with Gasteiger partial charge in [-0.25, -0.2) is 12.7 Å². The summed E-state index contributed by atoms with van der Waals surface area (Å²) in [6, 6.07) is 24.7. The third kappa shape index (κ3) is 5.17. The van der Waals surface area contributed by atoms with E-state index in [1.807, 2.05) is 53.4 Å². The van der Waals surface area contributed by atoms with Gasteiger partial charge in [0.15, 0.2) is 0 Å². The molecule has 2 aliphatic heterocycles. The topological polar surface area (TPSA) is 60.9 Å². The third-order valence-electron chi connectivity index (χ3n) is 6.70. The number of sulfonamides is 1. The van der Waals surface area contributed by atoms with Gasteiger partial charge in [0.05, 0.1) is 4.90 Å². The van der Waals surface area contributed by atoms with Crippen LogP contribution in [0.25, 0.3) is 0 Å². The van der Waals surface area contributed by atoms with Crippen molar-refractivity contribution >= 4 is 21.6 Å². The van der Waals surface area contributed by atoms with E-state index in [2.05, 4.69) is 24.9 Å². The summed E-state index contributed by atoms with van der Waals surface area (Å²) in [6.07, 6.45) is 0.899. The van der Waals surface area contributed by atoms with Crippen LogP contribution in [-0.2, 0) is 10.0 Å². The Bertz CT molecular complexity index is 1270. The highest BCUT2D eigenvalue weighted by Gasteiger charge is 2.44. The predicted molar refractivity (Wildman–Crippen MR) is 140 cm³/mol. The third-order valence-corrected chi connectivity index (χ3v) is 8.51. The van der Waals surface area contributed by atoms with Gasteiger partial charge in [-0.1, -0.05) is 60.2 Å². The first-order valence-electron chi connectivity index (χ1n) is 11.9. The summed E-state index contributed by atoms with van der Waals surface area (Å²) in [5.41, 5.74) is 3.75. The van der Waals surface area contributed by atoms with Crippen LogP contribution >= 0.6 is 0 Å². The molecule has 0 saturated carbocycles. The molecule has 3 aromatic carbocycles. The van der Waals surface area contributed by atoms with Gasteiger partial charge >= 0.3 is 0 Å². The van der Waals surface area contributed by atoms with Gasteiger partial charge in [0.2, 0.25) is 10.0 Å². The van der Waals surface area contributed by atoms with E-state index >= 15 is 0 Å². The number of anilines is 1. The number of carbonyl (C=O) groups excluding carboxylic acids is 1. The van der Waals surface area contributed by atoms with Gasteiger partial charge in [0.1, 0.15) is 0 Å². The molecule has 0 radical (unpaired) electrons. The number of likely N-dealkylation sites (N-methyl/N-ethyl adjacent to an activating group) is 1. The lowest BCUT2D eigenvalue weighted by atomic mass is 9.88. The van der Waals surface area contributed by atoms with Gasteiger partial charge < -0.3 is 9.80 Å². The van der Waals surface area contributed by atoms with Crippen molar-refractivity contribution < 1.29 is 13.2 Å². The molecule has 2 unspecified atom stereocenters. The minimum absolute atomic E-state index is 0.101. The molecule has 0 aliphatic carbocycles. The van der Waals surface area contributed by atoms with Gasteiger partial charge in [-0.2, -0.15) is 0 Å². The number of likely N-dealkylation sites (tertiary alicyclic amines) is 1. The Labute approximate surface area is 208 Å². The van der Waals surface area contributed by atoms with Crippen LogP contribution in [0, 0.1) is 6.92 Å². The maximum Gasteiger partial charge on any atom is 0.258 e. The number of aryl methyl sites for hydroxylation is 1.